The van der Waals surface area contributed by atoms with Crippen LogP contribution < -0.4 is 0 Å². The lowest BCUT2D eigenvalue weighted by molar-refractivity contribution is 0.0627. The summed E-state index contributed by atoms with van der Waals surface area (Å²) < 4.78 is 19.0. The third-order valence-electron chi connectivity index (χ3n) is 2.36. The van der Waals surface area contributed by atoms with Crippen molar-refractivity contribution in [3.05, 3.63) is 34.1 Å². The zero-order valence-electron chi connectivity index (χ0n) is 10.5. The first-order valence-electron chi connectivity index (χ1n) is 5.73. The van der Waals surface area contributed by atoms with Crippen molar-refractivity contribution in [3.63, 3.8) is 0 Å². The molecule has 0 bridgehead atoms. The lowest BCUT2D eigenvalue weighted by Gasteiger charge is -2.17. The summed E-state index contributed by atoms with van der Waals surface area (Å²) >= 11 is 3.19. The lowest BCUT2D eigenvalue weighted by Crippen LogP contribution is -2.24. The molecule has 0 saturated heterocycles. The molecule has 0 spiro atoms. The SMILES string of the molecule is CC(C)OCCN(C)Cc1ccc(F)c(Br)c1. The summed E-state index contributed by atoms with van der Waals surface area (Å²) in [6.45, 7) is 6.43. The number of halogens is 2. The third kappa shape index (κ3) is 5.61. The van der Waals surface area contributed by atoms with Crippen LogP contribution in [0.1, 0.15) is 19.4 Å². The van der Waals surface area contributed by atoms with Crippen molar-refractivity contribution in [3.8, 4) is 0 Å². The van der Waals surface area contributed by atoms with Crippen molar-refractivity contribution in [1.82, 2.24) is 4.90 Å². The zero-order chi connectivity index (χ0) is 12.8. The van der Waals surface area contributed by atoms with Crippen molar-refractivity contribution in [2.24, 2.45) is 0 Å². The Morgan fingerprint density at radius 3 is 2.71 bits per heavy atom. The average molecular weight is 304 g/mol. The Labute approximate surface area is 111 Å². The van der Waals surface area contributed by atoms with Crippen molar-refractivity contribution in [2.75, 3.05) is 20.2 Å². The van der Waals surface area contributed by atoms with E-state index in [0.717, 1.165) is 25.3 Å². The number of likely N-dealkylation sites (N-methyl/N-ethyl adjacent to an activating group) is 1. The molecule has 0 atom stereocenters. The molecular weight excluding hydrogens is 285 g/mol. The Kier molecular flexibility index (Phi) is 6.09. The van der Waals surface area contributed by atoms with Crippen LogP contribution in [-0.2, 0) is 11.3 Å². The molecule has 17 heavy (non-hydrogen) atoms. The predicted molar refractivity (Wildman–Crippen MR) is 71.5 cm³/mol. The number of nitrogens with zero attached hydrogens (tertiary/aromatic N) is 1. The topological polar surface area (TPSA) is 12.5 Å². The summed E-state index contributed by atoms with van der Waals surface area (Å²) in [6.07, 6.45) is 0.267. The standard InChI is InChI=1S/C13H19BrFNO/c1-10(2)17-7-6-16(3)9-11-4-5-13(15)12(14)8-11/h4-5,8,10H,6-7,9H2,1-3H3. The van der Waals surface area contributed by atoms with Crippen molar-refractivity contribution in [1.29, 1.82) is 0 Å². The van der Waals surface area contributed by atoms with E-state index in [1.807, 2.05) is 27.0 Å². The normalized spacial score (nSPS) is 11.5. The van der Waals surface area contributed by atoms with E-state index in [4.69, 9.17) is 4.74 Å². The van der Waals surface area contributed by atoms with Gasteiger partial charge in [0.1, 0.15) is 5.82 Å². The summed E-state index contributed by atoms with van der Waals surface area (Å²) in [5.41, 5.74) is 1.09. The fourth-order valence-corrected chi connectivity index (χ4v) is 1.90. The highest BCUT2D eigenvalue weighted by atomic mass is 79.9. The van der Waals surface area contributed by atoms with Gasteiger partial charge >= 0.3 is 0 Å². The van der Waals surface area contributed by atoms with E-state index in [-0.39, 0.29) is 11.9 Å². The molecule has 0 unspecified atom stereocenters. The maximum atomic E-state index is 13.0. The summed E-state index contributed by atoms with van der Waals surface area (Å²) in [6, 6.07) is 5.10. The largest absolute Gasteiger partial charge is 0.377 e. The fourth-order valence-electron chi connectivity index (χ4n) is 1.47. The molecule has 4 heteroatoms. The van der Waals surface area contributed by atoms with Crippen LogP contribution in [0.5, 0.6) is 0 Å². The van der Waals surface area contributed by atoms with E-state index in [1.54, 1.807) is 6.07 Å². The van der Waals surface area contributed by atoms with Crippen LogP contribution in [0.2, 0.25) is 0 Å². The monoisotopic (exact) mass is 303 g/mol. The molecule has 0 aliphatic rings. The lowest BCUT2D eigenvalue weighted by atomic mass is 10.2. The third-order valence-corrected chi connectivity index (χ3v) is 2.97. The van der Waals surface area contributed by atoms with Gasteiger partial charge < -0.3 is 4.74 Å². The minimum atomic E-state index is -0.223. The fraction of sp³-hybridized carbons (Fsp3) is 0.538. The highest BCUT2D eigenvalue weighted by Gasteiger charge is 2.04. The van der Waals surface area contributed by atoms with Crippen LogP contribution in [0.25, 0.3) is 0 Å². The molecule has 0 amide bonds. The average Bonchev–Trinajstić information content (AvgIpc) is 2.23. The van der Waals surface area contributed by atoms with Crippen molar-refractivity contribution in [2.45, 2.75) is 26.5 Å². The van der Waals surface area contributed by atoms with Crippen molar-refractivity contribution >= 4 is 15.9 Å². The molecule has 0 aromatic heterocycles. The van der Waals surface area contributed by atoms with Gasteiger partial charge in [-0.2, -0.15) is 0 Å². The molecule has 1 aromatic carbocycles. The molecule has 0 fully saturated rings. The van der Waals surface area contributed by atoms with E-state index in [0.29, 0.717) is 4.47 Å². The van der Waals surface area contributed by atoms with Crippen LogP contribution in [0, 0.1) is 5.82 Å². The maximum absolute atomic E-state index is 13.0. The summed E-state index contributed by atoms with van der Waals surface area (Å²) in [5.74, 6) is -0.223. The van der Waals surface area contributed by atoms with E-state index in [1.165, 1.54) is 6.07 Å². The Morgan fingerprint density at radius 2 is 2.12 bits per heavy atom. The minimum absolute atomic E-state index is 0.223. The molecule has 1 aromatic rings. The smallest absolute Gasteiger partial charge is 0.137 e. The van der Waals surface area contributed by atoms with Gasteiger partial charge in [0.05, 0.1) is 17.2 Å². The van der Waals surface area contributed by atoms with Crippen molar-refractivity contribution < 1.29 is 9.13 Å². The number of benzene rings is 1. The summed E-state index contributed by atoms with van der Waals surface area (Å²) in [4.78, 5) is 2.15. The molecule has 0 N–H and O–H groups in total. The molecule has 0 aliphatic heterocycles. The Morgan fingerprint density at radius 1 is 1.41 bits per heavy atom. The van der Waals surface area contributed by atoms with Crippen LogP contribution in [0.3, 0.4) is 0 Å². The van der Waals surface area contributed by atoms with Gasteiger partial charge in [0.2, 0.25) is 0 Å². The Hall–Kier alpha value is -0.450. The molecule has 1 rings (SSSR count). The van der Waals surface area contributed by atoms with Gasteiger partial charge in [-0.25, -0.2) is 4.39 Å². The summed E-state index contributed by atoms with van der Waals surface area (Å²) in [7, 11) is 2.03. The Balaban J connectivity index is 2.39. The zero-order valence-corrected chi connectivity index (χ0v) is 12.1. The highest BCUT2D eigenvalue weighted by Crippen LogP contribution is 2.17. The number of rotatable bonds is 6. The first kappa shape index (κ1) is 14.6. The van der Waals surface area contributed by atoms with Gasteiger partial charge in [-0.05, 0) is 54.5 Å². The first-order chi connectivity index (χ1) is 7.99. The molecule has 0 aliphatic carbocycles. The van der Waals surface area contributed by atoms with Gasteiger partial charge in [-0.15, -0.1) is 0 Å². The van der Waals surface area contributed by atoms with Gasteiger partial charge in [0.25, 0.3) is 0 Å². The highest BCUT2D eigenvalue weighted by molar-refractivity contribution is 9.10. The van der Waals surface area contributed by atoms with Crippen LogP contribution in [0.4, 0.5) is 4.39 Å². The maximum Gasteiger partial charge on any atom is 0.137 e. The predicted octanol–water partition coefficient (Wildman–Crippen LogP) is 3.45. The van der Waals surface area contributed by atoms with Crippen LogP contribution >= 0.6 is 15.9 Å². The second kappa shape index (κ2) is 7.09. The molecule has 96 valence electrons. The summed E-state index contributed by atoms with van der Waals surface area (Å²) in [5, 5.41) is 0. The Bertz CT molecular complexity index is 357. The van der Waals surface area contributed by atoms with Gasteiger partial charge in [-0.3, -0.25) is 4.90 Å². The molecule has 0 heterocycles. The number of ether oxygens (including phenoxy) is 1. The van der Waals surface area contributed by atoms with E-state index in [9.17, 15) is 4.39 Å². The molecule has 0 radical (unpaired) electrons. The molecular formula is C13H19BrFNO. The van der Waals surface area contributed by atoms with Gasteiger partial charge in [0, 0.05) is 13.1 Å². The molecule has 0 saturated carbocycles. The second-order valence-corrected chi connectivity index (χ2v) is 5.26. The number of hydrogen-bond donors (Lipinski definition) is 0. The van der Waals surface area contributed by atoms with E-state index in [2.05, 4.69) is 20.8 Å². The minimum Gasteiger partial charge on any atom is -0.377 e. The number of hydrogen-bond acceptors (Lipinski definition) is 2. The van der Waals surface area contributed by atoms with Crippen LogP contribution in [0.15, 0.2) is 22.7 Å². The van der Waals surface area contributed by atoms with E-state index < -0.39 is 0 Å². The second-order valence-electron chi connectivity index (χ2n) is 4.41. The quantitative estimate of drug-likeness (QED) is 0.798. The van der Waals surface area contributed by atoms with E-state index >= 15 is 0 Å². The first-order valence-corrected chi connectivity index (χ1v) is 6.52. The van der Waals surface area contributed by atoms with Gasteiger partial charge in [-0.1, -0.05) is 6.07 Å². The van der Waals surface area contributed by atoms with Crippen LogP contribution in [-0.4, -0.2) is 31.2 Å². The van der Waals surface area contributed by atoms with Gasteiger partial charge in [0.15, 0.2) is 0 Å². The molecule has 2 nitrogen and oxygen atoms in total.